The van der Waals surface area contributed by atoms with Crippen LogP contribution in [0.15, 0.2) is 12.3 Å². The first-order valence-electron chi connectivity index (χ1n) is 6.48. The summed E-state index contributed by atoms with van der Waals surface area (Å²) in [5.74, 6) is 0.918. The molecule has 2 rings (SSSR count). The van der Waals surface area contributed by atoms with Gasteiger partial charge in [0.2, 0.25) is 10.0 Å². The third-order valence-electron chi connectivity index (χ3n) is 3.05. The second-order valence-electron chi connectivity index (χ2n) is 5.81. The number of rotatable bonds is 5. The third kappa shape index (κ3) is 3.72. The van der Waals surface area contributed by atoms with E-state index in [0.717, 1.165) is 17.3 Å². The van der Waals surface area contributed by atoms with E-state index in [9.17, 15) is 8.42 Å². The maximum atomic E-state index is 11.5. The molecule has 116 valence electrons. The summed E-state index contributed by atoms with van der Waals surface area (Å²) in [4.78, 5) is 8.86. The van der Waals surface area contributed by atoms with Crippen LogP contribution in [0.4, 0.5) is 0 Å². The van der Waals surface area contributed by atoms with Crippen molar-refractivity contribution in [3.63, 3.8) is 0 Å². The maximum absolute atomic E-state index is 11.5. The van der Waals surface area contributed by atoms with E-state index in [0.29, 0.717) is 18.0 Å². The van der Waals surface area contributed by atoms with Crippen LogP contribution in [0.25, 0.3) is 11.2 Å². The molecule has 8 heteroatoms. The lowest BCUT2D eigenvalue weighted by molar-refractivity contribution is 0.391. The minimum Gasteiger partial charge on any atom is -0.310 e. The summed E-state index contributed by atoms with van der Waals surface area (Å²) < 4.78 is 27.4. The van der Waals surface area contributed by atoms with E-state index < -0.39 is 15.6 Å². The molecule has 0 atom stereocenters. The lowest BCUT2D eigenvalue weighted by Crippen LogP contribution is -2.46. The molecular formula is C13H19ClN4O2S. The number of sulfonamides is 1. The Morgan fingerprint density at radius 1 is 1.43 bits per heavy atom. The van der Waals surface area contributed by atoms with Gasteiger partial charge in [0.1, 0.15) is 11.3 Å². The normalized spacial score (nSPS) is 13.0. The number of aromatic nitrogens is 3. The fourth-order valence-electron chi connectivity index (χ4n) is 2.38. The SMILES string of the molecule is Cc1ccnc2c1nc(CCl)n2CC(C)(C)NS(C)(=O)=O. The largest absolute Gasteiger partial charge is 0.310 e. The van der Waals surface area contributed by atoms with Gasteiger partial charge in [0.15, 0.2) is 5.65 Å². The lowest BCUT2D eigenvalue weighted by Gasteiger charge is -2.26. The highest BCUT2D eigenvalue weighted by Gasteiger charge is 2.25. The van der Waals surface area contributed by atoms with Crippen molar-refractivity contribution in [3.05, 3.63) is 23.7 Å². The molecule has 21 heavy (non-hydrogen) atoms. The topological polar surface area (TPSA) is 76.9 Å². The Morgan fingerprint density at radius 2 is 2.10 bits per heavy atom. The molecule has 0 bridgehead atoms. The lowest BCUT2D eigenvalue weighted by atomic mass is 10.1. The highest BCUT2D eigenvalue weighted by molar-refractivity contribution is 7.88. The minimum absolute atomic E-state index is 0.241. The van der Waals surface area contributed by atoms with Crippen molar-refractivity contribution in [2.24, 2.45) is 0 Å². The van der Waals surface area contributed by atoms with Crippen molar-refractivity contribution < 1.29 is 8.42 Å². The number of halogens is 1. The van der Waals surface area contributed by atoms with Gasteiger partial charge in [-0.25, -0.2) is 23.1 Å². The van der Waals surface area contributed by atoms with Gasteiger partial charge in [-0.15, -0.1) is 11.6 Å². The monoisotopic (exact) mass is 330 g/mol. The molecule has 0 radical (unpaired) electrons. The fourth-order valence-corrected chi connectivity index (χ4v) is 3.65. The molecule has 6 nitrogen and oxygen atoms in total. The molecule has 2 aromatic heterocycles. The van der Waals surface area contributed by atoms with Gasteiger partial charge in [0.25, 0.3) is 0 Å². The average molecular weight is 331 g/mol. The molecule has 1 N–H and O–H groups in total. The zero-order chi connectivity index (χ0) is 15.8. The maximum Gasteiger partial charge on any atom is 0.209 e. The summed E-state index contributed by atoms with van der Waals surface area (Å²) in [6.07, 6.45) is 2.86. The van der Waals surface area contributed by atoms with E-state index in [1.807, 2.05) is 31.4 Å². The van der Waals surface area contributed by atoms with Gasteiger partial charge in [-0.2, -0.15) is 0 Å². The number of hydrogen-bond acceptors (Lipinski definition) is 4. The molecule has 0 aliphatic rings. The minimum atomic E-state index is -3.30. The van der Waals surface area contributed by atoms with E-state index >= 15 is 0 Å². The summed E-state index contributed by atoms with van der Waals surface area (Å²) in [5, 5.41) is 0. The first kappa shape index (κ1) is 16.2. The van der Waals surface area contributed by atoms with E-state index in [1.165, 1.54) is 0 Å². The Kier molecular flexibility index (Phi) is 4.28. The van der Waals surface area contributed by atoms with Crippen molar-refractivity contribution in [2.45, 2.75) is 38.7 Å². The molecule has 0 aliphatic heterocycles. The van der Waals surface area contributed by atoms with Gasteiger partial charge in [0.05, 0.1) is 12.1 Å². The highest BCUT2D eigenvalue weighted by atomic mass is 35.5. The van der Waals surface area contributed by atoms with Gasteiger partial charge in [-0.3, -0.25) is 0 Å². The number of imidazole rings is 1. The molecule has 2 aromatic rings. The van der Waals surface area contributed by atoms with Crippen LogP contribution in [0, 0.1) is 6.92 Å². The summed E-state index contributed by atoms with van der Waals surface area (Å²) >= 11 is 5.97. The second-order valence-corrected chi connectivity index (χ2v) is 7.82. The van der Waals surface area contributed by atoms with Crippen LogP contribution in [0.2, 0.25) is 0 Å². The molecule has 0 aromatic carbocycles. The standard InChI is InChI=1S/C13H19ClN4O2S/c1-9-5-6-15-12-11(9)16-10(7-14)18(12)8-13(2,3)17-21(4,19)20/h5-6,17H,7-8H2,1-4H3. The number of pyridine rings is 1. The van der Waals surface area contributed by atoms with Crippen molar-refractivity contribution in [1.29, 1.82) is 0 Å². The van der Waals surface area contributed by atoms with Crippen molar-refractivity contribution in [1.82, 2.24) is 19.3 Å². The van der Waals surface area contributed by atoms with Crippen LogP contribution in [0.5, 0.6) is 0 Å². The Balaban J connectivity index is 2.48. The van der Waals surface area contributed by atoms with Crippen LogP contribution in [0.3, 0.4) is 0 Å². The first-order valence-corrected chi connectivity index (χ1v) is 8.91. The zero-order valence-corrected chi connectivity index (χ0v) is 14.1. The van der Waals surface area contributed by atoms with Crippen molar-refractivity contribution in [2.75, 3.05) is 6.26 Å². The Labute approximate surface area is 129 Å². The third-order valence-corrected chi connectivity index (χ3v) is 4.21. The quantitative estimate of drug-likeness (QED) is 0.848. The molecule has 0 spiro atoms. The van der Waals surface area contributed by atoms with Gasteiger partial charge in [-0.1, -0.05) is 0 Å². The Morgan fingerprint density at radius 3 is 2.67 bits per heavy atom. The van der Waals surface area contributed by atoms with Gasteiger partial charge in [0, 0.05) is 18.3 Å². The number of hydrogen-bond donors (Lipinski definition) is 1. The van der Waals surface area contributed by atoms with Crippen molar-refractivity contribution in [3.8, 4) is 0 Å². The van der Waals surface area contributed by atoms with Gasteiger partial charge >= 0.3 is 0 Å². The predicted molar refractivity (Wildman–Crippen MR) is 83.9 cm³/mol. The number of alkyl halides is 1. The average Bonchev–Trinajstić information content (AvgIpc) is 2.65. The number of nitrogens with one attached hydrogen (secondary N) is 1. The molecule has 2 heterocycles. The molecule has 0 unspecified atom stereocenters. The summed E-state index contributed by atoms with van der Waals surface area (Å²) in [7, 11) is -3.30. The van der Waals surface area contributed by atoms with Crippen LogP contribution >= 0.6 is 11.6 Å². The molecular weight excluding hydrogens is 312 g/mol. The predicted octanol–water partition coefficient (Wildman–Crippen LogP) is 1.81. The van der Waals surface area contributed by atoms with Crippen LogP contribution in [-0.2, 0) is 22.4 Å². The summed E-state index contributed by atoms with van der Waals surface area (Å²) in [6, 6.07) is 1.89. The van der Waals surface area contributed by atoms with Crippen LogP contribution < -0.4 is 4.72 Å². The second kappa shape index (κ2) is 5.55. The zero-order valence-electron chi connectivity index (χ0n) is 12.5. The summed E-state index contributed by atoms with van der Waals surface area (Å²) in [6.45, 7) is 5.98. The Hall–Kier alpha value is -1.18. The van der Waals surface area contributed by atoms with Gasteiger partial charge < -0.3 is 4.57 Å². The van der Waals surface area contributed by atoms with Crippen molar-refractivity contribution >= 4 is 32.8 Å². The number of aryl methyl sites for hydroxylation is 1. The highest BCUT2D eigenvalue weighted by Crippen LogP contribution is 2.21. The van der Waals surface area contributed by atoms with E-state index in [4.69, 9.17) is 11.6 Å². The van der Waals surface area contributed by atoms with E-state index in [2.05, 4.69) is 14.7 Å². The summed E-state index contributed by atoms with van der Waals surface area (Å²) in [5.41, 5.74) is 1.85. The van der Waals surface area contributed by atoms with E-state index in [1.54, 1.807) is 6.20 Å². The van der Waals surface area contributed by atoms with E-state index in [-0.39, 0.29) is 5.88 Å². The molecule has 0 aliphatic carbocycles. The number of nitrogens with zero attached hydrogens (tertiary/aromatic N) is 3. The molecule has 0 saturated carbocycles. The molecule has 0 amide bonds. The van der Waals surface area contributed by atoms with Gasteiger partial charge in [-0.05, 0) is 32.4 Å². The molecule has 0 saturated heterocycles. The fraction of sp³-hybridized carbons (Fsp3) is 0.538. The number of fused-ring (bicyclic) bond motifs is 1. The Bertz CT molecular complexity index is 768. The first-order chi connectivity index (χ1) is 9.63. The molecule has 0 fully saturated rings. The smallest absolute Gasteiger partial charge is 0.209 e. The van der Waals surface area contributed by atoms with Crippen LogP contribution in [0.1, 0.15) is 25.2 Å². The van der Waals surface area contributed by atoms with Crippen LogP contribution in [-0.4, -0.2) is 34.7 Å².